The lowest BCUT2D eigenvalue weighted by Gasteiger charge is -2.30. The molecule has 74 valence electrons. The van der Waals surface area contributed by atoms with Gasteiger partial charge in [0, 0.05) is 0 Å². The van der Waals surface area contributed by atoms with Crippen LogP contribution in [0.15, 0.2) is 0 Å². The molecular formula is C12H21N. The molecule has 1 rings (SSSR count). The highest BCUT2D eigenvalue weighted by atomic mass is 14.4. The van der Waals surface area contributed by atoms with Crippen LogP contribution in [0.4, 0.5) is 0 Å². The lowest BCUT2D eigenvalue weighted by Crippen LogP contribution is -2.21. The Balaban J connectivity index is 2.35. The van der Waals surface area contributed by atoms with Crippen molar-refractivity contribution in [3.8, 4) is 6.07 Å². The summed E-state index contributed by atoms with van der Waals surface area (Å²) in [6.45, 7) is 2.22. The molecule has 0 spiro atoms. The van der Waals surface area contributed by atoms with E-state index in [9.17, 15) is 5.26 Å². The molecule has 0 aromatic carbocycles. The van der Waals surface area contributed by atoms with Crippen molar-refractivity contribution in [3.63, 3.8) is 0 Å². The summed E-state index contributed by atoms with van der Waals surface area (Å²) in [5.41, 5.74) is 0.0768. The van der Waals surface area contributed by atoms with Crippen LogP contribution in [0.3, 0.4) is 0 Å². The molecule has 0 aromatic heterocycles. The van der Waals surface area contributed by atoms with Crippen molar-refractivity contribution >= 4 is 0 Å². The third-order valence-electron chi connectivity index (χ3n) is 3.31. The van der Waals surface area contributed by atoms with Crippen molar-refractivity contribution < 1.29 is 0 Å². The lowest BCUT2D eigenvalue weighted by molar-refractivity contribution is 0.242. The van der Waals surface area contributed by atoms with Gasteiger partial charge in [-0.05, 0) is 19.3 Å². The van der Waals surface area contributed by atoms with Gasteiger partial charge >= 0.3 is 0 Å². The van der Waals surface area contributed by atoms with Gasteiger partial charge < -0.3 is 0 Å². The predicted molar refractivity (Wildman–Crippen MR) is 55.3 cm³/mol. The first-order chi connectivity index (χ1) is 6.33. The van der Waals surface area contributed by atoms with Crippen LogP contribution in [-0.4, -0.2) is 0 Å². The Morgan fingerprint density at radius 2 is 1.85 bits per heavy atom. The first kappa shape index (κ1) is 10.6. The Bertz CT molecular complexity index is 172. The topological polar surface area (TPSA) is 23.8 Å². The first-order valence-electron chi connectivity index (χ1n) is 5.74. The average molecular weight is 179 g/mol. The maximum atomic E-state index is 9.19. The highest BCUT2D eigenvalue weighted by molar-refractivity contribution is 5.00. The molecule has 0 atom stereocenters. The number of unbranched alkanes of at least 4 members (excludes halogenated alkanes) is 2. The maximum absolute atomic E-state index is 9.19. The summed E-state index contributed by atoms with van der Waals surface area (Å²) in [4.78, 5) is 0. The fourth-order valence-electron chi connectivity index (χ4n) is 2.36. The molecule has 0 N–H and O–H groups in total. The monoisotopic (exact) mass is 179 g/mol. The fraction of sp³-hybridized carbons (Fsp3) is 0.917. The zero-order valence-corrected chi connectivity index (χ0v) is 8.81. The molecule has 13 heavy (non-hydrogen) atoms. The van der Waals surface area contributed by atoms with E-state index in [0.717, 1.165) is 19.3 Å². The first-order valence-corrected chi connectivity index (χ1v) is 5.74. The van der Waals surface area contributed by atoms with Gasteiger partial charge in [0.1, 0.15) is 0 Å². The van der Waals surface area contributed by atoms with Gasteiger partial charge in [0.05, 0.1) is 11.5 Å². The van der Waals surface area contributed by atoms with Crippen LogP contribution < -0.4 is 0 Å². The quantitative estimate of drug-likeness (QED) is 0.597. The van der Waals surface area contributed by atoms with Crippen molar-refractivity contribution in [2.75, 3.05) is 0 Å². The minimum absolute atomic E-state index is 0.0768. The normalized spacial score (nSPS) is 20.9. The van der Waals surface area contributed by atoms with Crippen LogP contribution in [0.1, 0.15) is 64.7 Å². The van der Waals surface area contributed by atoms with Crippen molar-refractivity contribution in [1.29, 1.82) is 5.26 Å². The summed E-state index contributed by atoms with van der Waals surface area (Å²) in [7, 11) is 0. The van der Waals surface area contributed by atoms with E-state index in [1.807, 2.05) is 0 Å². The molecule has 1 heteroatoms. The standard InChI is InChI=1S/C12H21N/c1-2-3-5-8-12(11-13)9-6-4-7-10-12/h2-10H2,1H3. The molecule has 0 heterocycles. The van der Waals surface area contributed by atoms with Crippen LogP contribution in [-0.2, 0) is 0 Å². The van der Waals surface area contributed by atoms with E-state index in [0.29, 0.717) is 0 Å². The highest BCUT2D eigenvalue weighted by Gasteiger charge is 2.30. The van der Waals surface area contributed by atoms with E-state index in [-0.39, 0.29) is 5.41 Å². The molecule has 0 saturated heterocycles. The zero-order chi connectivity index (χ0) is 9.57. The molecule has 1 aliphatic rings. The Hall–Kier alpha value is -0.510. The molecular weight excluding hydrogens is 158 g/mol. The van der Waals surface area contributed by atoms with E-state index >= 15 is 0 Å². The summed E-state index contributed by atoms with van der Waals surface area (Å²) in [5, 5.41) is 9.19. The van der Waals surface area contributed by atoms with Gasteiger partial charge in [-0.3, -0.25) is 0 Å². The zero-order valence-electron chi connectivity index (χ0n) is 8.81. The van der Waals surface area contributed by atoms with Gasteiger partial charge in [-0.2, -0.15) is 5.26 Å². The molecule has 0 aromatic rings. The van der Waals surface area contributed by atoms with Gasteiger partial charge in [0.25, 0.3) is 0 Å². The van der Waals surface area contributed by atoms with Crippen LogP contribution in [0.5, 0.6) is 0 Å². The number of hydrogen-bond donors (Lipinski definition) is 0. The Morgan fingerprint density at radius 3 is 2.38 bits per heavy atom. The molecule has 0 unspecified atom stereocenters. The molecule has 0 bridgehead atoms. The molecule has 1 fully saturated rings. The van der Waals surface area contributed by atoms with E-state index in [1.165, 1.54) is 38.5 Å². The second-order valence-corrected chi connectivity index (χ2v) is 4.41. The van der Waals surface area contributed by atoms with E-state index in [1.54, 1.807) is 0 Å². The summed E-state index contributed by atoms with van der Waals surface area (Å²) >= 11 is 0. The largest absolute Gasteiger partial charge is 0.198 e. The maximum Gasteiger partial charge on any atom is 0.0689 e. The highest BCUT2D eigenvalue weighted by Crippen LogP contribution is 2.39. The number of hydrogen-bond acceptors (Lipinski definition) is 1. The van der Waals surface area contributed by atoms with Gasteiger partial charge in [-0.15, -0.1) is 0 Å². The second-order valence-electron chi connectivity index (χ2n) is 4.41. The van der Waals surface area contributed by atoms with Gasteiger partial charge in [-0.25, -0.2) is 0 Å². The smallest absolute Gasteiger partial charge is 0.0689 e. The van der Waals surface area contributed by atoms with Crippen molar-refractivity contribution in [2.24, 2.45) is 5.41 Å². The minimum Gasteiger partial charge on any atom is -0.198 e. The summed E-state index contributed by atoms with van der Waals surface area (Å²) < 4.78 is 0. The Labute approximate surface area is 82.1 Å². The molecule has 0 radical (unpaired) electrons. The van der Waals surface area contributed by atoms with E-state index in [4.69, 9.17) is 0 Å². The van der Waals surface area contributed by atoms with E-state index in [2.05, 4.69) is 13.0 Å². The number of rotatable bonds is 4. The molecule has 0 amide bonds. The third kappa shape index (κ3) is 3.03. The predicted octanol–water partition coefficient (Wildman–Crippen LogP) is 4.04. The second kappa shape index (κ2) is 5.27. The summed E-state index contributed by atoms with van der Waals surface area (Å²) in [6.07, 6.45) is 11.2. The van der Waals surface area contributed by atoms with Crippen molar-refractivity contribution in [3.05, 3.63) is 0 Å². The van der Waals surface area contributed by atoms with Crippen molar-refractivity contribution in [2.45, 2.75) is 64.7 Å². The van der Waals surface area contributed by atoms with Gasteiger partial charge in [-0.1, -0.05) is 45.4 Å². The molecule has 1 saturated carbocycles. The van der Waals surface area contributed by atoms with Crippen LogP contribution in [0.25, 0.3) is 0 Å². The van der Waals surface area contributed by atoms with E-state index < -0.39 is 0 Å². The fourth-order valence-corrected chi connectivity index (χ4v) is 2.36. The minimum atomic E-state index is 0.0768. The lowest BCUT2D eigenvalue weighted by atomic mass is 9.72. The Morgan fingerprint density at radius 1 is 1.15 bits per heavy atom. The SMILES string of the molecule is CCCCCC1(C#N)CCCCC1. The molecule has 1 aliphatic carbocycles. The number of nitrogens with zero attached hydrogens (tertiary/aromatic N) is 1. The van der Waals surface area contributed by atoms with Crippen molar-refractivity contribution in [1.82, 2.24) is 0 Å². The molecule has 1 nitrogen and oxygen atoms in total. The van der Waals surface area contributed by atoms with Gasteiger partial charge in [0.15, 0.2) is 0 Å². The third-order valence-corrected chi connectivity index (χ3v) is 3.31. The summed E-state index contributed by atoms with van der Waals surface area (Å²) in [5.74, 6) is 0. The van der Waals surface area contributed by atoms with Crippen LogP contribution in [0.2, 0.25) is 0 Å². The average Bonchev–Trinajstić information content (AvgIpc) is 2.20. The molecule has 0 aliphatic heterocycles. The van der Waals surface area contributed by atoms with Gasteiger partial charge in [0.2, 0.25) is 0 Å². The summed E-state index contributed by atoms with van der Waals surface area (Å²) in [6, 6.07) is 2.58. The Kier molecular flexibility index (Phi) is 4.28. The number of nitriles is 1. The van der Waals surface area contributed by atoms with Crippen LogP contribution in [0, 0.1) is 16.7 Å². The van der Waals surface area contributed by atoms with Crippen LogP contribution >= 0.6 is 0 Å².